The maximum atomic E-state index is 11.5. The largest absolute Gasteiger partial charge is 0.368 e. The van der Waals surface area contributed by atoms with Crippen LogP contribution in [0, 0.1) is 0 Å². The van der Waals surface area contributed by atoms with Gasteiger partial charge in [-0.05, 0) is 36.4 Å². The highest BCUT2D eigenvalue weighted by molar-refractivity contribution is 6.33. The van der Waals surface area contributed by atoms with Crippen molar-refractivity contribution in [1.29, 1.82) is 0 Å². The summed E-state index contributed by atoms with van der Waals surface area (Å²) in [5.41, 5.74) is 3.65. The van der Waals surface area contributed by atoms with Crippen molar-refractivity contribution < 1.29 is 4.79 Å². The smallest absolute Gasteiger partial charge is 0.219 e. The van der Waals surface area contributed by atoms with Gasteiger partial charge in [0.2, 0.25) is 5.91 Å². The zero-order valence-corrected chi connectivity index (χ0v) is 15.8. The van der Waals surface area contributed by atoms with Crippen LogP contribution in [0.3, 0.4) is 0 Å². The molecule has 2 aromatic carbocycles. The lowest BCUT2D eigenvalue weighted by molar-refractivity contribution is -0.129. The standard InChI is InChI=1S/C19H18Cl2N4O/c1-12(26)24-6-8-25(9-7-24)14-3-4-16(21)15(11-14)19-22-17-5-2-13(20)10-18(17)23-19/h2-5,10-11H,6-9H2,1H3,(H,22,23). The molecule has 1 aliphatic heterocycles. The molecule has 1 aliphatic rings. The number of aromatic nitrogens is 2. The van der Waals surface area contributed by atoms with Gasteiger partial charge in [-0.1, -0.05) is 23.2 Å². The summed E-state index contributed by atoms with van der Waals surface area (Å²) < 4.78 is 0. The highest BCUT2D eigenvalue weighted by Crippen LogP contribution is 2.32. The van der Waals surface area contributed by atoms with Crippen molar-refractivity contribution in [2.24, 2.45) is 0 Å². The number of carbonyl (C=O) groups excluding carboxylic acids is 1. The van der Waals surface area contributed by atoms with Gasteiger partial charge in [-0.3, -0.25) is 4.79 Å². The second kappa shape index (κ2) is 6.82. The molecule has 0 unspecified atom stereocenters. The molecule has 0 saturated carbocycles. The van der Waals surface area contributed by atoms with Crippen LogP contribution >= 0.6 is 23.2 Å². The number of anilines is 1. The Morgan fingerprint density at radius 1 is 1.08 bits per heavy atom. The summed E-state index contributed by atoms with van der Waals surface area (Å²) in [7, 11) is 0. The Morgan fingerprint density at radius 3 is 2.58 bits per heavy atom. The van der Waals surface area contributed by atoms with Gasteiger partial charge in [-0.15, -0.1) is 0 Å². The van der Waals surface area contributed by atoms with Crippen molar-refractivity contribution in [3.63, 3.8) is 0 Å². The first-order valence-electron chi connectivity index (χ1n) is 8.47. The lowest BCUT2D eigenvalue weighted by Gasteiger charge is -2.35. The van der Waals surface area contributed by atoms with E-state index in [1.54, 1.807) is 6.92 Å². The van der Waals surface area contributed by atoms with Crippen LogP contribution in [0.1, 0.15) is 6.92 Å². The van der Waals surface area contributed by atoms with E-state index in [1.165, 1.54) is 0 Å². The minimum atomic E-state index is 0.127. The van der Waals surface area contributed by atoms with E-state index < -0.39 is 0 Å². The van der Waals surface area contributed by atoms with Gasteiger partial charge in [0.15, 0.2) is 0 Å². The molecule has 0 spiro atoms. The van der Waals surface area contributed by atoms with Crippen molar-refractivity contribution in [1.82, 2.24) is 14.9 Å². The summed E-state index contributed by atoms with van der Waals surface area (Å²) >= 11 is 12.5. The molecule has 3 aromatic rings. The number of nitrogens with one attached hydrogen (secondary N) is 1. The van der Waals surface area contributed by atoms with E-state index in [9.17, 15) is 4.79 Å². The Hall–Kier alpha value is -2.24. The number of aromatic amines is 1. The molecule has 5 nitrogen and oxygen atoms in total. The Bertz CT molecular complexity index is 977. The summed E-state index contributed by atoms with van der Waals surface area (Å²) in [5.74, 6) is 0.846. The fourth-order valence-corrected chi connectivity index (χ4v) is 3.66. The second-order valence-electron chi connectivity index (χ2n) is 6.40. The molecule has 1 saturated heterocycles. The summed E-state index contributed by atoms with van der Waals surface area (Å²) in [6.45, 7) is 4.68. The van der Waals surface area contributed by atoms with Gasteiger partial charge in [0.25, 0.3) is 0 Å². The Morgan fingerprint density at radius 2 is 1.85 bits per heavy atom. The van der Waals surface area contributed by atoms with E-state index in [0.717, 1.165) is 54.3 Å². The number of rotatable bonds is 2. The zero-order chi connectivity index (χ0) is 18.3. The lowest BCUT2D eigenvalue weighted by Crippen LogP contribution is -2.48. The maximum Gasteiger partial charge on any atom is 0.219 e. The van der Waals surface area contributed by atoms with Crippen LogP contribution in [-0.4, -0.2) is 47.0 Å². The number of carbonyl (C=O) groups is 1. The van der Waals surface area contributed by atoms with Crippen LogP contribution in [-0.2, 0) is 4.79 Å². The molecule has 0 aliphatic carbocycles. The third-order valence-corrected chi connectivity index (χ3v) is 5.30. The minimum Gasteiger partial charge on any atom is -0.368 e. The number of hydrogen-bond donors (Lipinski definition) is 1. The van der Waals surface area contributed by atoms with E-state index >= 15 is 0 Å². The molecule has 26 heavy (non-hydrogen) atoms. The molecule has 4 rings (SSSR count). The molecule has 1 aromatic heterocycles. The van der Waals surface area contributed by atoms with E-state index in [0.29, 0.717) is 10.0 Å². The molecule has 0 atom stereocenters. The molecule has 1 fully saturated rings. The van der Waals surface area contributed by atoms with Crippen molar-refractivity contribution in [3.05, 3.63) is 46.4 Å². The van der Waals surface area contributed by atoms with Gasteiger partial charge in [0.05, 0.1) is 16.1 Å². The number of H-pyrrole nitrogens is 1. The highest BCUT2D eigenvalue weighted by atomic mass is 35.5. The predicted molar refractivity (Wildman–Crippen MR) is 106 cm³/mol. The van der Waals surface area contributed by atoms with Crippen molar-refractivity contribution in [2.75, 3.05) is 31.1 Å². The van der Waals surface area contributed by atoms with Gasteiger partial charge in [0.1, 0.15) is 5.82 Å². The number of hydrogen-bond acceptors (Lipinski definition) is 3. The van der Waals surface area contributed by atoms with Crippen LogP contribution in [0.25, 0.3) is 22.4 Å². The SMILES string of the molecule is CC(=O)N1CCN(c2ccc(Cl)c(-c3nc4ccc(Cl)cc4[nH]3)c2)CC1. The number of amides is 1. The number of imidazole rings is 1. The third-order valence-electron chi connectivity index (χ3n) is 4.74. The van der Waals surface area contributed by atoms with Crippen LogP contribution in [0.5, 0.6) is 0 Å². The lowest BCUT2D eigenvalue weighted by atomic mass is 10.1. The minimum absolute atomic E-state index is 0.127. The van der Waals surface area contributed by atoms with Crippen LogP contribution in [0.4, 0.5) is 5.69 Å². The third kappa shape index (κ3) is 3.24. The monoisotopic (exact) mass is 388 g/mol. The molecule has 2 heterocycles. The van der Waals surface area contributed by atoms with Crippen molar-refractivity contribution in [2.45, 2.75) is 6.92 Å². The topological polar surface area (TPSA) is 52.2 Å². The fraction of sp³-hybridized carbons (Fsp3) is 0.263. The number of nitrogens with zero attached hydrogens (tertiary/aromatic N) is 3. The number of piperazine rings is 1. The Balaban J connectivity index is 1.65. The second-order valence-corrected chi connectivity index (χ2v) is 7.25. The Kier molecular flexibility index (Phi) is 4.51. The molecular weight excluding hydrogens is 371 g/mol. The highest BCUT2D eigenvalue weighted by Gasteiger charge is 2.20. The molecule has 7 heteroatoms. The zero-order valence-electron chi connectivity index (χ0n) is 14.3. The number of halogens is 2. The van der Waals surface area contributed by atoms with Gasteiger partial charge in [0, 0.05) is 49.4 Å². The summed E-state index contributed by atoms with van der Waals surface area (Å²) in [4.78, 5) is 23.6. The van der Waals surface area contributed by atoms with Crippen LogP contribution in [0.15, 0.2) is 36.4 Å². The van der Waals surface area contributed by atoms with Crippen molar-refractivity contribution >= 4 is 45.8 Å². The average molecular weight is 389 g/mol. The first-order chi connectivity index (χ1) is 12.5. The van der Waals surface area contributed by atoms with Gasteiger partial charge in [-0.2, -0.15) is 0 Å². The normalized spacial score (nSPS) is 14.9. The molecular formula is C19H18Cl2N4O. The summed E-state index contributed by atoms with van der Waals surface area (Å²) in [6.07, 6.45) is 0. The summed E-state index contributed by atoms with van der Waals surface area (Å²) in [6, 6.07) is 11.5. The molecule has 134 valence electrons. The molecule has 0 radical (unpaired) electrons. The van der Waals surface area contributed by atoms with Crippen LogP contribution in [0.2, 0.25) is 10.0 Å². The van der Waals surface area contributed by atoms with Gasteiger partial charge < -0.3 is 14.8 Å². The van der Waals surface area contributed by atoms with E-state index in [2.05, 4.69) is 14.9 Å². The first kappa shape index (κ1) is 17.2. The number of benzene rings is 2. The predicted octanol–water partition coefficient (Wildman–Crippen LogP) is 4.21. The van der Waals surface area contributed by atoms with Gasteiger partial charge in [-0.25, -0.2) is 4.98 Å². The summed E-state index contributed by atoms with van der Waals surface area (Å²) in [5, 5.41) is 1.30. The number of fused-ring (bicyclic) bond motifs is 1. The Labute approximate surface area is 161 Å². The maximum absolute atomic E-state index is 11.5. The average Bonchev–Trinajstić information content (AvgIpc) is 3.05. The molecule has 1 N–H and O–H groups in total. The molecule has 1 amide bonds. The first-order valence-corrected chi connectivity index (χ1v) is 9.22. The van der Waals surface area contributed by atoms with Gasteiger partial charge >= 0.3 is 0 Å². The van der Waals surface area contributed by atoms with Crippen molar-refractivity contribution in [3.8, 4) is 11.4 Å². The molecule has 0 bridgehead atoms. The van der Waals surface area contributed by atoms with E-state index in [1.807, 2.05) is 41.3 Å². The van der Waals surface area contributed by atoms with Crippen LogP contribution < -0.4 is 4.90 Å². The van der Waals surface area contributed by atoms with E-state index in [4.69, 9.17) is 23.2 Å². The van der Waals surface area contributed by atoms with E-state index in [-0.39, 0.29) is 5.91 Å². The fourth-order valence-electron chi connectivity index (χ4n) is 3.28. The quantitative estimate of drug-likeness (QED) is 0.715.